The molecule has 1 aromatic rings. The molecule has 14 heavy (non-hydrogen) atoms. The van der Waals surface area contributed by atoms with Crippen LogP contribution in [0.25, 0.3) is 0 Å². The minimum absolute atomic E-state index is 0.148. The van der Waals surface area contributed by atoms with Gasteiger partial charge in [0.25, 0.3) is 0 Å². The first kappa shape index (κ1) is 10.1. The van der Waals surface area contributed by atoms with Crippen LogP contribution in [-0.4, -0.2) is 17.8 Å². The van der Waals surface area contributed by atoms with E-state index in [-0.39, 0.29) is 12.4 Å². The fourth-order valence-electron chi connectivity index (χ4n) is 1.29. The molecule has 5 heteroatoms. The number of alkyl halides is 1. The second kappa shape index (κ2) is 3.61. The first-order chi connectivity index (χ1) is 6.59. The summed E-state index contributed by atoms with van der Waals surface area (Å²) in [6.45, 7) is 0.148. The van der Waals surface area contributed by atoms with Gasteiger partial charge in [-0.1, -0.05) is 23.2 Å². The van der Waals surface area contributed by atoms with Crippen LogP contribution in [0.15, 0.2) is 12.1 Å². The lowest BCUT2D eigenvalue weighted by Gasteiger charge is -2.21. The van der Waals surface area contributed by atoms with Gasteiger partial charge < -0.3 is 4.74 Å². The van der Waals surface area contributed by atoms with Crippen molar-refractivity contribution in [3.63, 3.8) is 0 Å². The van der Waals surface area contributed by atoms with Gasteiger partial charge in [0, 0.05) is 5.02 Å². The van der Waals surface area contributed by atoms with E-state index in [0.29, 0.717) is 21.4 Å². The zero-order chi connectivity index (χ0) is 10.3. The van der Waals surface area contributed by atoms with Crippen LogP contribution in [0.4, 0.5) is 0 Å². The fraction of sp³-hybridized carbons (Fsp3) is 0.222. The Labute approximate surface area is 95.7 Å². The topological polar surface area (TPSA) is 26.3 Å². The highest BCUT2D eigenvalue weighted by Crippen LogP contribution is 2.36. The molecule has 0 aromatic heterocycles. The van der Waals surface area contributed by atoms with Crippen LogP contribution < -0.4 is 4.74 Å². The van der Waals surface area contributed by atoms with Crippen LogP contribution in [0.1, 0.15) is 10.4 Å². The van der Waals surface area contributed by atoms with E-state index in [2.05, 4.69) is 0 Å². The first-order valence-electron chi connectivity index (χ1n) is 3.89. The van der Waals surface area contributed by atoms with Gasteiger partial charge in [-0.25, -0.2) is 0 Å². The Hall–Kier alpha value is -0.440. The minimum atomic E-state index is -0.656. The molecule has 0 N–H and O–H groups in total. The molecule has 2 rings (SSSR count). The molecule has 0 bridgehead atoms. The molecule has 2 nitrogen and oxygen atoms in total. The molecule has 1 aliphatic rings. The molecule has 0 saturated heterocycles. The highest BCUT2D eigenvalue weighted by Gasteiger charge is 2.29. The predicted molar refractivity (Wildman–Crippen MR) is 55.9 cm³/mol. The van der Waals surface area contributed by atoms with Gasteiger partial charge >= 0.3 is 0 Å². The highest BCUT2D eigenvalue weighted by molar-refractivity contribution is 6.39. The summed E-state index contributed by atoms with van der Waals surface area (Å²) in [6, 6.07) is 3.05. The Morgan fingerprint density at radius 2 is 2.07 bits per heavy atom. The number of halogens is 3. The van der Waals surface area contributed by atoms with E-state index in [1.165, 1.54) is 12.1 Å². The normalized spacial score (nSPS) is 20.2. The van der Waals surface area contributed by atoms with E-state index < -0.39 is 5.38 Å². The Balaban J connectivity index is 2.60. The smallest absolute Gasteiger partial charge is 0.187 e. The quantitative estimate of drug-likeness (QED) is 0.662. The van der Waals surface area contributed by atoms with Crippen molar-refractivity contribution in [3.8, 4) is 5.75 Å². The molecule has 0 spiro atoms. The summed E-state index contributed by atoms with van der Waals surface area (Å²) >= 11 is 17.4. The number of Topliss-reactive ketones (excluding diaryl/α,β-unsaturated/α-hetero) is 1. The summed E-state index contributed by atoms with van der Waals surface area (Å²) in [6.07, 6.45) is 0. The molecular weight excluding hydrogens is 246 g/mol. The number of carbonyl (C=O) groups is 1. The number of ether oxygens (including phenoxy) is 1. The van der Waals surface area contributed by atoms with E-state index in [1.54, 1.807) is 0 Å². The standard InChI is InChI=1S/C9H5Cl3O2/c10-4-1-5-8(13)7(12)3-14-9(5)6(11)2-4/h1-2,7H,3H2/t7-/m1/s1. The van der Waals surface area contributed by atoms with Gasteiger partial charge in [0.15, 0.2) is 5.78 Å². The third-order valence-corrected chi connectivity index (χ3v) is 2.76. The van der Waals surface area contributed by atoms with Crippen molar-refractivity contribution < 1.29 is 9.53 Å². The average Bonchev–Trinajstić information content (AvgIpc) is 2.12. The Kier molecular flexibility index (Phi) is 2.60. The van der Waals surface area contributed by atoms with E-state index in [1.807, 2.05) is 0 Å². The number of carbonyl (C=O) groups excluding carboxylic acids is 1. The zero-order valence-electron chi connectivity index (χ0n) is 6.89. The lowest BCUT2D eigenvalue weighted by molar-refractivity contribution is 0.0939. The third kappa shape index (κ3) is 1.58. The number of hydrogen-bond donors (Lipinski definition) is 0. The van der Waals surface area contributed by atoms with E-state index >= 15 is 0 Å². The average molecular weight is 251 g/mol. The Bertz CT molecular complexity index is 403. The molecular formula is C9H5Cl3O2. The summed E-state index contributed by atoms with van der Waals surface area (Å²) in [5.74, 6) is 0.176. The SMILES string of the molecule is O=C1c2cc(Cl)cc(Cl)c2OC[C@H]1Cl. The fourth-order valence-corrected chi connectivity index (χ4v) is 2.02. The molecule has 74 valence electrons. The summed E-state index contributed by atoms with van der Waals surface area (Å²) in [5, 5.41) is 0.0814. The maximum atomic E-state index is 11.6. The Morgan fingerprint density at radius 1 is 1.36 bits per heavy atom. The zero-order valence-corrected chi connectivity index (χ0v) is 9.16. The number of fused-ring (bicyclic) bond motifs is 1. The summed E-state index contributed by atoms with van der Waals surface area (Å²) in [5.41, 5.74) is 0.355. The van der Waals surface area contributed by atoms with Gasteiger partial charge in [-0.3, -0.25) is 4.79 Å². The van der Waals surface area contributed by atoms with Gasteiger partial charge in [0.2, 0.25) is 0 Å². The van der Waals surface area contributed by atoms with Crippen LogP contribution in [0.2, 0.25) is 10.0 Å². The van der Waals surface area contributed by atoms with Gasteiger partial charge in [-0.2, -0.15) is 0 Å². The molecule has 0 aliphatic carbocycles. The van der Waals surface area contributed by atoms with Crippen molar-refractivity contribution in [1.82, 2.24) is 0 Å². The lowest BCUT2D eigenvalue weighted by Crippen LogP contribution is -2.28. The third-order valence-electron chi connectivity index (χ3n) is 1.93. The van der Waals surface area contributed by atoms with E-state index in [9.17, 15) is 4.79 Å². The molecule has 0 unspecified atom stereocenters. The summed E-state index contributed by atoms with van der Waals surface area (Å²) in [7, 11) is 0. The van der Waals surface area contributed by atoms with Crippen molar-refractivity contribution in [2.45, 2.75) is 5.38 Å². The van der Waals surface area contributed by atoms with E-state index in [4.69, 9.17) is 39.5 Å². The van der Waals surface area contributed by atoms with Gasteiger partial charge in [0.1, 0.15) is 17.7 Å². The number of hydrogen-bond acceptors (Lipinski definition) is 2. The van der Waals surface area contributed by atoms with Crippen LogP contribution >= 0.6 is 34.8 Å². The van der Waals surface area contributed by atoms with Crippen molar-refractivity contribution in [2.75, 3.05) is 6.61 Å². The van der Waals surface area contributed by atoms with Gasteiger partial charge in [-0.15, -0.1) is 11.6 Å². The second-order valence-corrected chi connectivity index (χ2v) is 4.28. The molecule has 1 heterocycles. The minimum Gasteiger partial charge on any atom is -0.489 e. The van der Waals surface area contributed by atoms with Crippen molar-refractivity contribution in [1.29, 1.82) is 0 Å². The van der Waals surface area contributed by atoms with Gasteiger partial charge in [0.05, 0.1) is 10.6 Å². The number of benzene rings is 1. The van der Waals surface area contributed by atoms with Crippen molar-refractivity contribution in [3.05, 3.63) is 27.7 Å². The number of rotatable bonds is 0. The Morgan fingerprint density at radius 3 is 2.79 bits per heavy atom. The largest absolute Gasteiger partial charge is 0.489 e. The monoisotopic (exact) mass is 250 g/mol. The molecule has 0 amide bonds. The molecule has 0 fully saturated rings. The maximum Gasteiger partial charge on any atom is 0.187 e. The summed E-state index contributed by atoms with van der Waals surface area (Å²) < 4.78 is 5.25. The summed E-state index contributed by atoms with van der Waals surface area (Å²) in [4.78, 5) is 11.6. The van der Waals surface area contributed by atoms with Crippen molar-refractivity contribution in [2.24, 2.45) is 0 Å². The van der Waals surface area contributed by atoms with Crippen LogP contribution in [0.5, 0.6) is 5.75 Å². The number of ketones is 1. The first-order valence-corrected chi connectivity index (χ1v) is 5.09. The maximum absolute atomic E-state index is 11.6. The van der Waals surface area contributed by atoms with Gasteiger partial charge in [-0.05, 0) is 12.1 Å². The lowest BCUT2D eigenvalue weighted by atomic mass is 10.1. The van der Waals surface area contributed by atoms with Crippen LogP contribution in [0.3, 0.4) is 0 Å². The highest BCUT2D eigenvalue weighted by atomic mass is 35.5. The molecule has 1 atom stereocenters. The molecule has 1 aliphatic heterocycles. The van der Waals surface area contributed by atoms with Crippen molar-refractivity contribution >= 4 is 40.6 Å². The molecule has 0 saturated carbocycles. The van der Waals surface area contributed by atoms with E-state index in [0.717, 1.165) is 0 Å². The van der Waals surface area contributed by atoms with Crippen LogP contribution in [0, 0.1) is 0 Å². The predicted octanol–water partition coefficient (Wildman–Crippen LogP) is 3.18. The molecule has 0 radical (unpaired) electrons. The second-order valence-electron chi connectivity index (χ2n) is 2.91. The molecule has 1 aromatic carbocycles. The van der Waals surface area contributed by atoms with Crippen LogP contribution in [-0.2, 0) is 0 Å².